The lowest BCUT2D eigenvalue weighted by atomic mass is 10.1. The lowest BCUT2D eigenvalue weighted by Crippen LogP contribution is -2.24. The molecule has 0 bridgehead atoms. The monoisotopic (exact) mass is 351 g/mol. The van der Waals surface area contributed by atoms with Crippen molar-refractivity contribution in [3.05, 3.63) is 60.0 Å². The molecule has 8 nitrogen and oxygen atoms in total. The molecule has 3 rings (SSSR count). The molecule has 0 saturated heterocycles. The topological polar surface area (TPSA) is 97.6 Å². The van der Waals surface area contributed by atoms with E-state index in [1.54, 1.807) is 35.3 Å². The minimum absolute atomic E-state index is 0.170. The first-order valence-corrected chi connectivity index (χ1v) is 8.27. The highest BCUT2D eigenvalue weighted by molar-refractivity contribution is 6.04. The summed E-state index contributed by atoms with van der Waals surface area (Å²) in [5, 5.41) is 18.3. The molecule has 0 spiro atoms. The van der Waals surface area contributed by atoms with Gasteiger partial charge in [0.25, 0.3) is 5.91 Å². The van der Waals surface area contributed by atoms with E-state index >= 15 is 0 Å². The normalized spacial score (nSPS) is 11.2. The van der Waals surface area contributed by atoms with Crippen molar-refractivity contribution in [1.82, 2.24) is 25.2 Å². The molecule has 1 amide bonds. The van der Waals surface area contributed by atoms with Crippen LogP contribution in [0.1, 0.15) is 37.0 Å². The Bertz CT molecular complexity index is 867. The Labute approximate surface area is 151 Å². The maximum atomic E-state index is 12.1. The third kappa shape index (κ3) is 4.41. The summed E-state index contributed by atoms with van der Waals surface area (Å²) in [5.41, 5.74) is 1.02. The van der Waals surface area contributed by atoms with E-state index in [0.717, 1.165) is 0 Å². The number of rotatable bonds is 5. The van der Waals surface area contributed by atoms with E-state index in [1.807, 2.05) is 39.0 Å². The Morgan fingerprint density at radius 1 is 1.12 bits per heavy atom. The first-order valence-electron chi connectivity index (χ1n) is 8.27. The second-order valence-corrected chi connectivity index (χ2v) is 6.77. The van der Waals surface area contributed by atoms with Crippen LogP contribution in [0, 0.1) is 0 Å². The van der Waals surface area contributed by atoms with Gasteiger partial charge in [-0.1, -0.05) is 18.2 Å². The fraction of sp³-hybridized carbons (Fsp3) is 0.278. The average molecular weight is 351 g/mol. The number of amides is 1. The van der Waals surface area contributed by atoms with Gasteiger partial charge in [0.2, 0.25) is 0 Å². The quantitative estimate of drug-likeness (QED) is 0.733. The van der Waals surface area contributed by atoms with Gasteiger partial charge < -0.3 is 10.6 Å². The van der Waals surface area contributed by atoms with Crippen LogP contribution in [-0.4, -0.2) is 31.1 Å². The fourth-order valence-electron chi connectivity index (χ4n) is 2.13. The van der Waals surface area contributed by atoms with E-state index in [2.05, 4.69) is 31.0 Å². The van der Waals surface area contributed by atoms with Crippen molar-refractivity contribution in [1.29, 1.82) is 0 Å². The van der Waals surface area contributed by atoms with Crippen molar-refractivity contribution in [3.63, 3.8) is 0 Å². The van der Waals surface area contributed by atoms with Gasteiger partial charge in [-0.15, -0.1) is 10.2 Å². The maximum absolute atomic E-state index is 12.1. The highest BCUT2D eigenvalue weighted by Crippen LogP contribution is 2.13. The van der Waals surface area contributed by atoms with Gasteiger partial charge in [-0.05, 0) is 50.3 Å². The number of aromatic nitrogens is 5. The van der Waals surface area contributed by atoms with Gasteiger partial charge in [0, 0.05) is 5.56 Å². The lowest BCUT2D eigenvalue weighted by molar-refractivity contribution is 0.102. The minimum atomic E-state index is -0.206. The van der Waals surface area contributed by atoms with Crippen LogP contribution in [0.3, 0.4) is 0 Å². The molecular formula is C18H21N7O. The Kier molecular flexibility index (Phi) is 4.92. The predicted octanol–water partition coefficient (Wildman–Crippen LogP) is 2.69. The van der Waals surface area contributed by atoms with E-state index in [1.165, 1.54) is 0 Å². The summed E-state index contributed by atoms with van der Waals surface area (Å²) in [4.78, 5) is 18.0. The molecule has 0 aliphatic carbocycles. The highest BCUT2D eigenvalue weighted by atomic mass is 16.1. The van der Waals surface area contributed by atoms with Crippen LogP contribution in [-0.2, 0) is 12.1 Å². The van der Waals surface area contributed by atoms with Crippen LogP contribution < -0.4 is 10.6 Å². The molecule has 2 N–H and O–H groups in total. The third-order valence-electron chi connectivity index (χ3n) is 3.54. The van der Waals surface area contributed by atoms with E-state index in [4.69, 9.17) is 0 Å². The third-order valence-corrected chi connectivity index (χ3v) is 3.54. The lowest BCUT2D eigenvalue weighted by Gasteiger charge is -2.15. The molecule has 1 aromatic carbocycles. The van der Waals surface area contributed by atoms with Crippen LogP contribution in [0.2, 0.25) is 0 Å². The van der Waals surface area contributed by atoms with E-state index < -0.39 is 0 Å². The van der Waals surface area contributed by atoms with Gasteiger partial charge in [-0.3, -0.25) is 4.79 Å². The van der Waals surface area contributed by atoms with Crippen LogP contribution in [0.15, 0.2) is 48.7 Å². The zero-order chi connectivity index (χ0) is 18.6. The van der Waals surface area contributed by atoms with Crippen molar-refractivity contribution < 1.29 is 4.79 Å². The second-order valence-electron chi connectivity index (χ2n) is 6.77. The number of carbonyl (C=O) groups is 1. The van der Waals surface area contributed by atoms with Gasteiger partial charge in [0.05, 0.1) is 24.0 Å². The summed E-state index contributed by atoms with van der Waals surface area (Å²) in [6.07, 6.45) is 1.60. The Morgan fingerprint density at radius 2 is 1.88 bits per heavy atom. The minimum Gasteiger partial charge on any atom is -0.363 e. The molecular weight excluding hydrogens is 330 g/mol. The molecule has 0 unspecified atom stereocenters. The summed E-state index contributed by atoms with van der Waals surface area (Å²) >= 11 is 0. The van der Waals surface area contributed by atoms with Crippen LogP contribution >= 0.6 is 0 Å². The van der Waals surface area contributed by atoms with Gasteiger partial charge in [-0.2, -0.15) is 4.80 Å². The SMILES string of the molecule is CC(C)(C)n1nnc(CNc2ccc(NC(=O)c3ccccc3)cn2)n1. The number of hydrogen-bond donors (Lipinski definition) is 2. The summed E-state index contributed by atoms with van der Waals surface area (Å²) < 4.78 is 0. The Balaban J connectivity index is 1.56. The number of nitrogens with one attached hydrogen (secondary N) is 2. The fourth-order valence-corrected chi connectivity index (χ4v) is 2.13. The van der Waals surface area contributed by atoms with Crippen molar-refractivity contribution in [3.8, 4) is 0 Å². The van der Waals surface area contributed by atoms with Gasteiger partial charge in [0.15, 0.2) is 5.82 Å². The molecule has 134 valence electrons. The van der Waals surface area contributed by atoms with Crippen molar-refractivity contribution >= 4 is 17.4 Å². The van der Waals surface area contributed by atoms with Crippen molar-refractivity contribution in [2.24, 2.45) is 0 Å². The number of anilines is 2. The molecule has 8 heteroatoms. The molecule has 0 saturated carbocycles. The second kappa shape index (κ2) is 7.30. The molecule has 0 radical (unpaired) electrons. The highest BCUT2D eigenvalue weighted by Gasteiger charge is 2.16. The molecule has 26 heavy (non-hydrogen) atoms. The van der Waals surface area contributed by atoms with Gasteiger partial charge in [-0.25, -0.2) is 4.98 Å². The van der Waals surface area contributed by atoms with Gasteiger partial charge in [0.1, 0.15) is 5.82 Å². The molecule has 0 atom stereocenters. The summed E-state index contributed by atoms with van der Waals surface area (Å²) in [6, 6.07) is 12.6. The summed E-state index contributed by atoms with van der Waals surface area (Å²) in [6.45, 7) is 6.44. The Morgan fingerprint density at radius 3 is 2.50 bits per heavy atom. The number of carbonyl (C=O) groups excluding carboxylic acids is 1. The van der Waals surface area contributed by atoms with Crippen LogP contribution in [0.4, 0.5) is 11.5 Å². The smallest absolute Gasteiger partial charge is 0.255 e. The number of nitrogens with zero attached hydrogens (tertiary/aromatic N) is 5. The molecule has 0 aliphatic heterocycles. The summed E-state index contributed by atoms with van der Waals surface area (Å²) in [5.74, 6) is 1.08. The average Bonchev–Trinajstić information content (AvgIpc) is 3.11. The van der Waals surface area contributed by atoms with Gasteiger partial charge >= 0.3 is 0 Å². The Hall–Kier alpha value is -3.29. The van der Waals surface area contributed by atoms with Crippen LogP contribution in [0.25, 0.3) is 0 Å². The largest absolute Gasteiger partial charge is 0.363 e. The van der Waals surface area contributed by atoms with Crippen LogP contribution in [0.5, 0.6) is 0 Å². The van der Waals surface area contributed by atoms with Crippen molar-refractivity contribution in [2.75, 3.05) is 10.6 Å². The molecule has 0 fully saturated rings. The molecule has 2 aromatic heterocycles. The standard InChI is InChI=1S/C18H21N7O/c1-18(2,3)25-23-16(22-24-25)12-20-15-10-9-14(11-19-15)21-17(26)13-7-5-4-6-8-13/h4-11H,12H2,1-3H3,(H,19,20)(H,21,26). The number of pyridine rings is 1. The molecule has 0 aliphatic rings. The molecule has 2 heterocycles. The maximum Gasteiger partial charge on any atom is 0.255 e. The van der Waals surface area contributed by atoms with E-state index in [0.29, 0.717) is 29.4 Å². The zero-order valence-corrected chi connectivity index (χ0v) is 15.0. The number of hydrogen-bond acceptors (Lipinski definition) is 6. The number of benzene rings is 1. The first kappa shape index (κ1) is 17.5. The van der Waals surface area contributed by atoms with E-state index in [-0.39, 0.29) is 11.4 Å². The predicted molar refractivity (Wildman–Crippen MR) is 98.8 cm³/mol. The van der Waals surface area contributed by atoms with Crippen molar-refractivity contribution in [2.45, 2.75) is 32.9 Å². The van der Waals surface area contributed by atoms with E-state index in [9.17, 15) is 4.79 Å². The molecule has 3 aromatic rings. The first-order chi connectivity index (χ1) is 12.4. The summed E-state index contributed by atoms with van der Waals surface area (Å²) in [7, 11) is 0. The zero-order valence-electron chi connectivity index (χ0n) is 15.0. The number of tetrazole rings is 1.